The van der Waals surface area contributed by atoms with Crippen molar-refractivity contribution in [3.05, 3.63) is 65.7 Å². The summed E-state index contributed by atoms with van der Waals surface area (Å²) in [6.07, 6.45) is 8.81. The van der Waals surface area contributed by atoms with E-state index in [2.05, 4.69) is 10.3 Å². The molecule has 2 heterocycles. The van der Waals surface area contributed by atoms with Gasteiger partial charge in [-0.2, -0.15) is 0 Å². The van der Waals surface area contributed by atoms with Gasteiger partial charge in [-0.1, -0.05) is 17.7 Å². The summed E-state index contributed by atoms with van der Waals surface area (Å²) >= 11 is 0. The summed E-state index contributed by atoms with van der Waals surface area (Å²) in [6, 6.07) is 7.26. The predicted molar refractivity (Wildman–Crippen MR) is 140 cm³/mol. The van der Waals surface area contributed by atoms with E-state index in [0.29, 0.717) is 5.56 Å². The first kappa shape index (κ1) is 26.1. The molecule has 3 aliphatic rings. The normalized spacial score (nSPS) is 23.1. The molecular formula is C28H30FN3O5S. The lowest BCUT2D eigenvalue weighted by atomic mass is 9.61. The first-order chi connectivity index (χ1) is 18.2. The summed E-state index contributed by atoms with van der Waals surface area (Å²) in [5.41, 5.74) is 1.29. The Balaban J connectivity index is 1.44. The second-order valence-electron chi connectivity index (χ2n) is 10.0. The van der Waals surface area contributed by atoms with Crippen LogP contribution in [0.15, 0.2) is 53.7 Å². The Morgan fingerprint density at radius 3 is 2.53 bits per heavy atom. The summed E-state index contributed by atoms with van der Waals surface area (Å²) in [6.45, 7) is 3.91. The Bertz CT molecular complexity index is 1510. The van der Waals surface area contributed by atoms with Crippen molar-refractivity contribution >= 4 is 39.0 Å². The van der Waals surface area contributed by atoms with E-state index < -0.39 is 21.7 Å². The zero-order valence-corrected chi connectivity index (χ0v) is 22.1. The van der Waals surface area contributed by atoms with E-state index in [-0.39, 0.29) is 52.3 Å². The quantitative estimate of drug-likeness (QED) is 0.356. The number of hydrogen-bond acceptors (Lipinski definition) is 6. The number of nitrogens with zero attached hydrogens (tertiary/aromatic N) is 2. The molecule has 3 saturated carbocycles. The van der Waals surface area contributed by atoms with E-state index in [1.807, 2.05) is 6.92 Å². The Morgan fingerprint density at radius 1 is 1.16 bits per heavy atom. The topological polar surface area (TPSA) is 107 Å². The molecule has 1 N–H and O–H groups in total. The second kappa shape index (κ2) is 10.3. The maximum Gasteiger partial charge on any atom is 0.311 e. The van der Waals surface area contributed by atoms with Gasteiger partial charge in [-0.3, -0.25) is 9.59 Å². The van der Waals surface area contributed by atoms with Crippen molar-refractivity contribution < 1.29 is 27.1 Å². The lowest BCUT2D eigenvalue weighted by Crippen LogP contribution is -2.56. The number of carbonyl (C=O) groups excluding carboxylic acids is 2. The Hall–Kier alpha value is -3.53. The number of nitrogens with one attached hydrogen (secondary N) is 1. The van der Waals surface area contributed by atoms with Crippen molar-refractivity contribution in [2.45, 2.75) is 50.5 Å². The van der Waals surface area contributed by atoms with Crippen LogP contribution in [0, 0.1) is 30.5 Å². The summed E-state index contributed by atoms with van der Waals surface area (Å²) in [5, 5.41) is 3.25. The summed E-state index contributed by atoms with van der Waals surface area (Å²) < 4.78 is 47.1. The average Bonchev–Trinajstić information content (AvgIpc) is 3.27. The van der Waals surface area contributed by atoms with Gasteiger partial charge in [0.25, 0.3) is 10.0 Å². The monoisotopic (exact) mass is 539 g/mol. The smallest absolute Gasteiger partial charge is 0.311 e. The fourth-order valence-electron chi connectivity index (χ4n) is 5.83. The maximum atomic E-state index is 14.1. The third-order valence-electron chi connectivity index (χ3n) is 7.69. The minimum atomic E-state index is -4.02. The molecule has 0 aliphatic heterocycles. The molecule has 2 aromatic heterocycles. The van der Waals surface area contributed by atoms with E-state index in [1.54, 1.807) is 19.1 Å². The predicted octanol–water partition coefficient (Wildman–Crippen LogP) is 4.22. The van der Waals surface area contributed by atoms with Gasteiger partial charge in [-0.15, -0.1) is 0 Å². The van der Waals surface area contributed by atoms with Crippen molar-refractivity contribution in [3.63, 3.8) is 0 Å². The number of ether oxygens (including phenoxy) is 1. The van der Waals surface area contributed by atoms with E-state index in [1.165, 1.54) is 36.5 Å². The molecule has 0 unspecified atom stereocenters. The number of hydrogen-bond donors (Lipinski definition) is 1. The number of pyridine rings is 1. The molecule has 38 heavy (non-hydrogen) atoms. The molecule has 2 atom stereocenters. The SMILES string of the molecule is CCOC(=O)[C@H]1[C@H]2CC[C@H](CC2)[C@@H]1NC(=O)/C=C/c1cn(S(=O)(=O)c2ccc(C)cc2)c2ncc(F)cc12. The zero-order valence-electron chi connectivity index (χ0n) is 21.3. The third-order valence-corrected chi connectivity index (χ3v) is 9.35. The summed E-state index contributed by atoms with van der Waals surface area (Å²) in [5.74, 6) is -1.30. The van der Waals surface area contributed by atoms with Crippen LogP contribution in [0.3, 0.4) is 0 Å². The first-order valence-corrected chi connectivity index (χ1v) is 14.3. The standard InChI is InChI=1S/C28H30FN3O5S/c1-3-37-28(34)25-18-6-8-19(9-7-18)26(25)31-24(33)13-10-20-16-32(27-23(20)14-21(29)15-30-27)38(35,36)22-11-4-17(2)5-12-22/h4-5,10-16,18-19,25-26H,3,6-9H2,1-2H3,(H,31,33)/b13-10+/t18-,19+,25-,26-/m0/s1. The van der Waals surface area contributed by atoms with Crippen molar-refractivity contribution in [2.24, 2.45) is 17.8 Å². The number of fused-ring (bicyclic) bond motifs is 4. The summed E-state index contributed by atoms with van der Waals surface area (Å²) in [7, 11) is -4.02. The number of esters is 1. The van der Waals surface area contributed by atoms with Crippen LogP contribution in [0.5, 0.6) is 0 Å². The third kappa shape index (κ3) is 4.84. The van der Waals surface area contributed by atoms with Crippen LogP contribution in [-0.2, 0) is 24.3 Å². The zero-order chi connectivity index (χ0) is 27.0. The van der Waals surface area contributed by atoms with Crippen LogP contribution >= 0.6 is 0 Å². The molecular weight excluding hydrogens is 509 g/mol. The van der Waals surface area contributed by atoms with E-state index >= 15 is 0 Å². The van der Waals surface area contributed by atoms with Gasteiger partial charge in [0.05, 0.1) is 23.6 Å². The molecule has 3 aromatic rings. The van der Waals surface area contributed by atoms with Crippen LogP contribution in [0.4, 0.5) is 4.39 Å². The van der Waals surface area contributed by atoms with Gasteiger partial charge in [0, 0.05) is 29.3 Å². The van der Waals surface area contributed by atoms with Gasteiger partial charge in [-0.25, -0.2) is 21.8 Å². The van der Waals surface area contributed by atoms with Gasteiger partial charge in [0.2, 0.25) is 5.91 Å². The minimum absolute atomic E-state index is 0.0546. The second-order valence-corrected chi connectivity index (χ2v) is 11.9. The van der Waals surface area contributed by atoms with Crippen LogP contribution in [0.2, 0.25) is 0 Å². The lowest BCUT2D eigenvalue weighted by molar-refractivity contribution is -0.156. The highest BCUT2D eigenvalue weighted by atomic mass is 32.2. The van der Waals surface area contributed by atoms with Gasteiger partial charge < -0.3 is 10.1 Å². The first-order valence-electron chi connectivity index (χ1n) is 12.8. The molecule has 8 nitrogen and oxygen atoms in total. The van der Waals surface area contributed by atoms with Gasteiger partial charge in [0.1, 0.15) is 5.82 Å². The molecule has 3 fully saturated rings. The highest BCUT2D eigenvalue weighted by Crippen LogP contribution is 2.45. The Morgan fingerprint density at radius 2 is 1.84 bits per heavy atom. The largest absolute Gasteiger partial charge is 0.466 e. The van der Waals surface area contributed by atoms with Crippen molar-refractivity contribution in [1.82, 2.24) is 14.3 Å². The molecule has 1 aromatic carbocycles. The van der Waals surface area contributed by atoms with Crippen LogP contribution in [0.25, 0.3) is 17.1 Å². The molecule has 1 amide bonds. The fraction of sp³-hybridized carbons (Fsp3) is 0.393. The number of carbonyl (C=O) groups is 2. The average molecular weight is 540 g/mol. The summed E-state index contributed by atoms with van der Waals surface area (Å²) in [4.78, 5) is 29.8. The van der Waals surface area contributed by atoms with Crippen molar-refractivity contribution in [1.29, 1.82) is 0 Å². The Kier molecular flexibility index (Phi) is 7.09. The number of rotatable bonds is 7. The molecule has 0 radical (unpaired) electrons. The van der Waals surface area contributed by atoms with E-state index in [4.69, 9.17) is 4.74 Å². The van der Waals surface area contributed by atoms with Gasteiger partial charge in [-0.05, 0) is 75.6 Å². The maximum absolute atomic E-state index is 14.1. The number of benzene rings is 1. The lowest BCUT2D eigenvalue weighted by Gasteiger charge is -2.47. The minimum Gasteiger partial charge on any atom is -0.466 e. The van der Waals surface area contributed by atoms with Crippen LogP contribution in [0.1, 0.15) is 43.7 Å². The number of halogens is 1. The number of aryl methyl sites for hydroxylation is 1. The van der Waals surface area contributed by atoms with Gasteiger partial charge in [0.15, 0.2) is 5.65 Å². The number of aromatic nitrogens is 2. The molecule has 200 valence electrons. The fourth-order valence-corrected chi connectivity index (χ4v) is 7.16. The van der Waals surface area contributed by atoms with E-state index in [9.17, 15) is 22.4 Å². The van der Waals surface area contributed by atoms with Crippen molar-refractivity contribution in [2.75, 3.05) is 6.61 Å². The molecule has 0 saturated heterocycles. The number of amides is 1. The molecule has 3 aliphatic carbocycles. The highest BCUT2D eigenvalue weighted by Gasteiger charge is 2.48. The highest BCUT2D eigenvalue weighted by molar-refractivity contribution is 7.90. The van der Waals surface area contributed by atoms with Gasteiger partial charge >= 0.3 is 5.97 Å². The van der Waals surface area contributed by atoms with Crippen LogP contribution in [-0.4, -0.2) is 41.9 Å². The van der Waals surface area contributed by atoms with E-state index in [0.717, 1.165) is 41.4 Å². The van der Waals surface area contributed by atoms with Crippen molar-refractivity contribution in [3.8, 4) is 0 Å². The Labute approximate surface area is 220 Å². The van der Waals surface area contributed by atoms with Crippen LogP contribution < -0.4 is 5.32 Å². The molecule has 0 spiro atoms. The molecule has 10 heteroatoms. The molecule has 2 bridgehead atoms. The molecule has 6 rings (SSSR count).